The molecule has 1 aromatic heterocycles. The number of carboxylic acid groups (broad SMARTS) is 1. The summed E-state index contributed by atoms with van der Waals surface area (Å²) in [4.78, 5) is 15.2. The van der Waals surface area contributed by atoms with Crippen LogP contribution in [0.5, 0.6) is 0 Å². The van der Waals surface area contributed by atoms with E-state index in [-0.39, 0.29) is 10.3 Å². The van der Waals surface area contributed by atoms with Gasteiger partial charge in [-0.3, -0.25) is 0 Å². The van der Waals surface area contributed by atoms with Gasteiger partial charge in [0, 0.05) is 6.54 Å². The molecule has 0 saturated carbocycles. The topological polar surface area (TPSA) is 65.0 Å². The molecule has 21 heavy (non-hydrogen) atoms. The summed E-state index contributed by atoms with van der Waals surface area (Å²) in [7, 11) is 0. The molecule has 0 bridgehead atoms. The average Bonchev–Trinajstić information content (AvgIpc) is 2.77. The first-order valence-corrected chi connectivity index (χ1v) is 7.61. The zero-order chi connectivity index (χ0) is 15.6. The second-order valence-corrected chi connectivity index (χ2v) is 7.02. The van der Waals surface area contributed by atoms with Gasteiger partial charge in [0.05, 0.1) is 16.5 Å². The van der Waals surface area contributed by atoms with Crippen molar-refractivity contribution in [1.29, 1.82) is 0 Å². The van der Waals surface area contributed by atoms with Crippen LogP contribution in [0.3, 0.4) is 0 Å². The van der Waals surface area contributed by atoms with E-state index in [0.717, 1.165) is 16.9 Å². The molecule has 0 saturated heterocycles. The van der Waals surface area contributed by atoms with Gasteiger partial charge >= 0.3 is 0 Å². The maximum atomic E-state index is 10.9. The van der Waals surface area contributed by atoms with Crippen LogP contribution in [-0.2, 0) is 12.0 Å². The lowest BCUT2D eigenvalue weighted by Gasteiger charge is -2.19. The third-order valence-electron chi connectivity index (χ3n) is 3.25. The van der Waals surface area contributed by atoms with Crippen LogP contribution in [-0.4, -0.2) is 11.0 Å². The van der Waals surface area contributed by atoms with Crippen molar-refractivity contribution in [2.75, 3.05) is 5.32 Å². The van der Waals surface area contributed by atoms with Crippen molar-refractivity contribution in [2.24, 2.45) is 0 Å². The molecular weight excluding hydrogens is 284 g/mol. The molecule has 0 amide bonds. The lowest BCUT2D eigenvalue weighted by atomic mass is 9.87. The summed E-state index contributed by atoms with van der Waals surface area (Å²) in [6.07, 6.45) is 0. The number of anilines is 1. The largest absolute Gasteiger partial charge is 0.544 e. The molecule has 2 aromatic rings. The van der Waals surface area contributed by atoms with Gasteiger partial charge in [0.2, 0.25) is 0 Å². The van der Waals surface area contributed by atoms with Crippen molar-refractivity contribution in [3.8, 4) is 0 Å². The summed E-state index contributed by atoms with van der Waals surface area (Å²) in [5.74, 6) is -1.17. The highest BCUT2D eigenvalue weighted by Gasteiger charge is 2.13. The van der Waals surface area contributed by atoms with Gasteiger partial charge in [0.15, 0.2) is 5.13 Å². The van der Waals surface area contributed by atoms with Gasteiger partial charge in [0.25, 0.3) is 0 Å². The molecule has 2 rings (SSSR count). The summed E-state index contributed by atoms with van der Waals surface area (Å²) >= 11 is 1.11. The van der Waals surface area contributed by atoms with Gasteiger partial charge in [-0.25, -0.2) is 4.98 Å². The predicted molar refractivity (Wildman–Crippen MR) is 83.7 cm³/mol. The molecule has 0 atom stereocenters. The van der Waals surface area contributed by atoms with E-state index in [2.05, 4.69) is 55.3 Å². The Hall–Kier alpha value is -1.88. The van der Waals surface area contributed by atoms with Crippen molar-refractivity contribution >= 4 is 22.4 Å². The Kier molecular flexibility index (Phi) is 4.32. The Labute approximate surface area is 128 Å². The van der Waals surface area contributed by atoms with Gasteiger partial charge in [-0.2, -0.15) is 0 Å². The van der Waals surface area contributed by atoms with E-state index in [1.165, 1.54) is 5.56 Å². The lowest BCUT2D eigenvalue weighted by Crippen LogP contribution is -2.21. The third-order valence-corrected chi connectivity index (χ3v) is 4.34. The van der Waals surface area contributed by atoms with Crippen LogP contribution in [0.1, 0.15) is 47.3 Å². The number of aromatic carboxylic acids is 1. The van der Waals surface area contributed by atoms with Crippen molar-refractivity contribution in [1.82, 2.24) is 4.98 Å². The van der Waals surface area contributed by atoms with Crippen LogP contribution in [0, 0.1) is 6.92 Å². The Morgan fingerprint density at radius 2 is 1.90 bits per heavy atom. The van der Waals surface area contributed by atoms with Crippen molar-refractivity contribution in [3.05, 3.63) is 46.0 Å². The van der Waals surface area contributed by atoms with Crippen LogP contribution in [0.4, 0.5) is 5.13 Å². The van der Waals surface area contributed by atoms with E-state index in [0.29, 0.717) is 17.4 Å². The molecule has 0 unspecified atom stereocenters. The standard InChI is InChI=1S/C16H20N2O2S/c1-10-13(14(19)20)21-15(18-10)17-9-11-5-7-12(8-6-11)16(2,3)4/h5-8H,9H2,1-4H3,(H,17,18)(H,19,20)/p-1. The number of aromatic nitrogens is 1. The molecule has 0 radical (unpaired) electrons. The normalized spacial score (nSPS) is 11.4. The zero-order valence-electron chi connectivity index (χ0n) is 12.7. The molecule has 0 spiro atoms. The molecule has 5 heteroatoms. The van der Waals surface area contributed by atoms with Gasteiger partial charge in [0.1, 0.15) is 0 Å². The molecule has 0 fully saturated rings. The SMILES string of the molecule is Cc1nc(NCc2ccc(C(C)(C)C)cc2)sc1C(=O)[O-]. The maximum Gasteiger partial charge on any atom is 0.183 e. The van der Waals surface area contributed by atoms with E-state index in [9.17, 15) is 9.90 Å². The molecule has 1 heterocycles. The number of nitrogens with one attached hydrogen (secondary N) is 1. The Bertz CT molecular complexity index is 639. The van der Waals surface area contributed by atoms with Crippen LogP contribution in [0.15, 0.2) is 24.3 Å². The number of benzene rings is 1. The highest BCUT2D eigenvalue weighted by molar-refractivity contribution is 7.17. The number of hydrogen-bond acceptors (Lipinski definition) is 5. The van der Waals surface area contributed by atoms with Crippen molar-refractivity contribution < 1.29 is 9.90 Å². The molecule has 1 N–H and O–H groups in total. The lowest BCUT2D eigenvalue weighted by molar-refractivity contribution is -0.254. The monoisotopic (exact) mass is 303 g/mol. The van der Waals surface area contributed by atoms with Gasteiger partial charge in [-0.1, -0.05) is 56.4 Å². The predicted octanol–water partition coefficient (Wildman–Crippen LogP) is 2.72. The third kappa shape index (κ3) is 3.82. The second kappa shape index (κ2) is 5.85. The molecule has 0 aliphatic carbocycles. The van der Waals surface area contributed by atoms with Crippen LogP contribution in [0.2, 0.25) is 0 Å². The van der Waals surface area contributed by atoms with Crippen molar-refractivity contribution in [3.63, 3.8) is 0 Å². The van der Waals surface area contributed by atoms with E-state index in [4.69, 9.17) is 0 Å². The molecule has 1 aromatic carbocycles. The first kappa shape index (κ1) is 15.5. The average molecular weight is 303 g/mol. The quantitative estimate of drug-likeness (QED) is 0.943. The minimum Gasteiger partial charge on any atom is -0.544 e. The Morgan fingerprint density at radius 3 is 2.38 bits per heavy atom. The Balaban J connectivity index is 2.03. The number of carbonyl (C=O) groups excluding carboxylic acids is 1. The van der Waals surface area contributed by atoms with Crippen LogP contribution >= 0.6 is 11.3 Å². The minimum absolute atomic E-state index is 0.141. The second-order valence-electron chi connectivity index (χ2n) is 6.02. The maximum absolute atomic E-state index is 10.9. The van der Waals surface area contributed by atoms with E-state index < -0.39 is 5.97 Å². The highest BCUT2D eigenvalue weighted by Crippen LogP contribution is 2.24. The number of nitrogens with zero attached hydrogens (tertiary/aromatic N) is 1. The molecule has 0 aliphatic heterocycles. The molecular formula is C16H19N2O2S-. The van der Waals surface area contributed by atoms with Gasteiger partial charge in [-0.15, -0.1) is 0 Å². The number of hydrogen-bond donors (Lipinski definition) is 1. The van der Waals surface area contributed by atoms with Gasteiger partial charge in [-0.05, 0) is 23.5 Å². The van der Waals surface area contributed by atoms with Crippen LogP contribution < -0.4 is 10.4 Å². The van der Waals surface area contributed by atoms with E-state index in [1.807, 2.05) is 0 Å². The molecule has 112 valence electrons. The summed E-state index contributed by atoms with van der Waals surface area (Å²) in [6.45, 7) is 8.83. The number of carbonyl (C=O) groups is 1. The first-order valence-electron chi connectivity index (χ1n) is 6.79. The number of aryl methyl sites for hydroxylation is 1. The summed E-state index contributed by atoms with van der Waals surface area (Å²) in [6, 6.07) is 8.40. The fourth-order valence-corrected chi connectivity index (χ4v) is 2.76. The summed E-state index contributed by atoms with van der Waals surface area (Å²) in [5, 5.41) is 14.6. The van der Waals surface area contributed by atoms with E-state index >= 15 is 0 Å². The molecule has 0 aliphatic rings. The van der Waals surface area contributed by atoms with Gasteiger partial charge < -0.3 is 15.2 Å². The minimum atomic E-state index is -1.17. The highest BCUT2D eigenvalue weighted by atomic mass is 32.1. The number of carboxylic acids is 1. The number of thiazole rings is 1. The number of rotatable bonds is 4. The van der Waals surface area contributed by atoms with Crippen molar-refractivity contribution in [2.45, 2.75) is 39.7 Å². The fourth-order valence-electron chi connectivity index (χ4n) is 1.96. The van der Waals surface area contributed by atoms with Crippen LogP contribution in [0.25, 0.3) is 0 Å². The van der Waals surface area contributed by atoms with E-state index in [1.54, 1.807) is 6.92 Å². The fraction of sp³-hybridized carbons (Fsp3) is 0.375. The zero-order valence-corrected chi connectivity index (χ0v) is 13.5. The first-order chi connectivity index (χ1) is 9.77. The summed E-state index contributed by atoms with van der Waals surface area (Å²) in [5.41, 5.74) is 3.05. The smallest absolute Gasteiger partial charge is 0.183 e. The molecule has 4 nitrogen and oxygen atoms in total. The summed E-state index contributed by atoms with van der Waals surface area (Å²) < 4.78 is 0. The Morgan fingerprint density at radius 1 is 1.29 bits per heavy atom.